The molecule has 5 aromatic rings. The Kier molecular flexibility index (Phi) is 3.80. The lowest BCUT2D eigenvalue weighted by molar-refractivity contribution is 0.351. The van der Waals surface area contributed by atoms with Crippen LogP contribution in [0.1, 0.15) is 0 Å². The molecule has 4 heterocycles. The van der Waals surface area contributed by atoms with Gasteiger partial charge >= 0.3 is 11.8 Å². The van der Waals surface area contributed by atoms with Gasteiger partial charge in [0.15, 0.2) is 5.01 Å². The van der Waals surface area contributed by atoms with E-state index in [1.54, 1.807) is 18.5 Å². The Bertz CT molecular complexity index is 1320. The van der Waals surface area contributed by atoms with Crippen LogP contribution in [0, 0.1) is 0 Å². The molecule has 0 amide bonds. The highest BCUT2D eigenvalue weighted by atomic mass is 32.1. The molecule has 12 heteroatoms. The van der Waals surface area contributed by atoms with Gasteiger partial charge in [-0.05, 0) is 29.4 Å². The van der Waals surface area contributed by atoms with Crippen molar-refractivity contribution in [2.75, 3.05) is 5.32 Å². The zero-order chi connectivity index (χ0) is 18.9. The number of hydrogen-bond acceptors (Lipinski definition) is 10. The monoisotopic (exact) mass is 394 g/mol. The van der Waals surface area contributed by atoms with E-state index in [1.165, 1.54) is 17.5 Å². The largest absolute Gasteiger partial charge is 0.441 e. The molecule has 138 valence electrons. The van der Waals surface area contributed by atoms with E-state index in [0.29, 0.717) is 21.5 Å². The third-order valence-electron chi connectivity index (χ3n) is 3.71. The Morgan fingerprint density at radius 2 is 2.11 bits per heavy atom. The molecule has 11 nitrogen and oxygen atoms in total. The number of fused-ring (bicyclic) bond motifs is 1. The van der Waals surface area contributed by atoms with Crippen molar-refractivity contribution < 1.29 is 9.26 Å². The fourth-order valence-corrected chi connectivity index (χ4v) is 3.24. The standard InChI is InChI=1S/C16H10N8O3S/c25-16-20-14(24-27-16)26-11-4-9(5-17-7-11)13-22-23-15(28-13)19-10-1-2-12-8(3-10)6-18-21-12/h1-7H,(H,18,21)(H,19,23)(H,20,24,25). The molecule has 4 aromatic heterocycles. The minimum atomic E-state index is -0.701. The van der Waals surface area contributed by atoms with Gasteiger partial charge in [0, 0.05) is 22.8 Å². The lowest BCUT2D eigenvalue weighted by Crippen LogP contribution is -1.95. The van der Waals surface area contributed by atoms with Crippen molar-refractivity contribution >= 4 is 33.1 Å². The Labute approximate surface area is 159 Å². The molecule has 0 aliphatic rings. The second-order valence-electron chi connectivity index (χ2n) is 5.62. The molecule has 0 atom stereocenters. The topological polar surface area (TPSA) is 148 Å². The maximum Gasteiger partial charge on any atom is 0.441 e. The van der Waals surface area contributed by atoms with Gasteiger partial charge in [-0.1, -0.05) is 11.3 Å². The second kappa shape index (κ2) is 6.59. The van der Waals surface area contributed by atoms with Gasteiger partial charge in [-0.3, -0.25) is 14.6 Å². The molecule has 0 aliphatic carbocycles. The normalized spacial score (nSPS) is 11.0. The Balaban J connectivity index is 1.36. The van der Waals surface area contributed by atoms with Crippen LogP contribution in [-0.4, -0.2) is 35.5 Å². The van der Waals surface area contributed by atoms with E-state index >= 15 is 0 Å². The summed E-state index contributed by atoms with van der Waals surface area (Å²) in [5, 5.41) is 24.2. The van der Waals surface area contributed by atoms with Crippen LogP contribution in [0.5, 0.6) is 11.8 Å². The summed E-state index contributed by atoms with van der Waals surface area (Å²) in [5.74, 6) is -0.329. The summed E-state index contributed by atoms with van der Waals surface area (Å²) in [5.41, 5.74) is 2.54. The lowest BCUT2D eigenvalue weighted by Gasteiger charge is -2.02. The van der Waals surface area contributed by atoms with Gasteiger partial charge in [-0.15, -0.1) is 10.2 Å². The van der Waals surface area contributed by atoms with Crippen LogP contribution in [0.15, 0.2) is 52.2 Å². The van der Waals surface area contributed by atoms with Crippen LogP contribution >= 0.6 is 11.3 Å². The average Bonchev–Trinajstić information content (AvgIpc) is 3.43. The van der Waals surface area contributed by atoms with Crippen LogP contribution in [0.4, 0.5) is 10.8 Å². The average molecular weight is 394 g/mol. The van der Waals surface area contributed by atoms with Crippen LogP contribution in [-0.2, 0) is 0 Å². The summed E-state index contributed by atoms with van der Waals surface area (Å²) in [6, 6.07) is 7.48. The molecule has 0 saturated carbocycles. The highest BCUT2D eigenvalue weighted by Gasteiger charge is 2.11. The van der Waals surface area contributed by atoms with Gasteiger partial charge in [-0.25, -0.2) is 9.78 Å². The smallest absolute Gasteiger partial charge is 0.422 e. The number of anilines is 2. The molecular weight excluding hydrogens is 384 g/mol. The number of nitrogens with zero attached hydrogens (tertiary/aromatic N) is 5. The van der Waals surface area contributed by atoms with Crippen molar-refractivity contribution in [2.45, 2.75) is 0 Å². The first-order valence-corrected chi connectivity index (χ1v) is 8.77. The molecule has 28 heavy (non-hydrogen) atoms. The summed E-state index contributed by atoms with van der Waals surface area (Å²) in [6.45, 7) is 0. The van der Waals surface area contributed by atoms with Gasteiger partial charge in [0.05, 0.1) is 17.9 Å². The summed E-state index contributed by atoms with van der Waals surface area (Å²) in [6.07, 6.45) is 4.88. The predicted octanol–water partition coefficient (Wildman–Crippen LogP) is 2.69. The van der Waals surface area contributed by atoms with Crippen molar-refractivity contribution in [1.82, 2.24) is 35.5 Å². The third-order valence-corrected chi connectivity index (χ3v) is 4.60. The number of benzene rings is 1. The van der Waals surface area contributed by atoms with Crippen molar-refractivity contribution in [3.63, 3.8) is 0 Å². The summed E-state index contributed by atoms with van der Waals surface area (Å²) in [7, 11) is 0. The first-order chi connectivity index (χ1) is 13.7. The lowest BCUT2D eigenvalue weighted by atomic mass is 10.2. The summed E-state index contributed by atoms with van der Waals surface area (Å²) >= 11 is 1.36. The number of ether oxygens (including phenoxy) is 1. The van der Waals surface area contributed by atoms with Crippen LogP contribution < -0.4 is 15.8 Å². The highest BCUT2D eigenvalue weighted by molar-refractivity contribution is 7.18. The summed E-state index contributed by atoms with van der Waals surface area (Å²) in [4.78, 5) is 17.4. The van der Waals surface area contributed by atoms with Crippen molar-refractivity contribution in [1.29, 1.82) is 0 Å². The van der Waals surface area contributed by atoms with Gasteiger partial charge in [-0.2, -0.15) is 5.10 Å². The van der Waals surface area contributed by atoms with Crippen molar-refractivity contribution in [3.05, 3.63) is 53.4 Å². The van der Waals surface area contributed by atoms with Crippen molar-refractivity contribution in [2.24, 2.45) is 0 Å². The molecule has 0 saturated heterocycles. The first-order valence-electron chi connectivity index (χ1n) is 7.96. The van der Waals surface area contributed by atoms with E-state index in [9.17, 15) is 4.79 Å². The van der Waals surface area contributed by atoms with E-state index in [-0.39, 0.29) is 6.01 Å². The number of H-pyrrole nitrogens is 2. The molecule has 1 aromatic carbocycles. The zero-order valence-electron chi connectivity index (χ0n) is 13.9. The van der Waals surface area contributed by atoms with Crippen LogP contribution in [0.3, 0.4) is 0 Å². The Morgan fingerprint density at radius 1 is 1.14 bits per heavy atom. The molecule has 5 rings (SSSR count). The minimum Gasteiger partial charge on any atom is -0.422 e. The maximum absolute atomic E-state index is 11.0. The molecule has 3 N–H and O–H groups in total. The first kappa shape index (κ1) is 16.1. The molecule has 0 unspecified atom stereocenters. The molecule has 0 bridgehead atoms. The molecule has 0 fully saturated rings. The second-order valence-corrected chi connectivity index (χ2v) is 6.60. The molecule has 0 radical (unpaired) electrons. The molecular formula is C16H10N8O3S. The highest BCUT2D eigenvalue weighted by Crippen LogP contribution is 2.30. The number of aromatic amines is 2. The zero-order valence-corrected chi connectivity index (χ0v) is 14.7. The number of hydrogen-bond donors (Lipinski definition) is 3. The van der Waals surface area contributed by atoms with E-state index in [0.717, 1.165) is 16.6 Å². The van der Waals surface area contributed by atoms with Crippen LogP contribution in [0.25, 0.3) is 21.5 Å². The van der Waals surface area contributed by atoms with Crippen LogP contribution in [0.2, 0.25) is 0 Å². The fraction of sp³-hybridized carbons (Fsp3) is 0. The van der Waals surface area contributed by atoms with Gasteiger partial charge in [0.25, 0.3) is 0 Å². The number of nitrogens with one attached hydrogen (secondary N) is 3. The van der Waals surface area contributed by atoms with Crippen molar-refractivity contribution in [3.8, 4) is 22.3 Å². The number of rotatable bonds is 5. The Hall–Kier alpha value is -4.06. The molecule has 0 aliphatic heterocycles. The van der Waals surface area contributed by atoms with E-state index in [4.69, 9.17) is 4.74 Å². The summed E-state index contributed by atoms with van der Waals surface area (Å²) < 4.78 is 9.80. The van der Waals surface area contributed by atoms with E-state index in [1.807, 2.05) is 18.2 Å². The number of aromatic nitrogens is 7. The molecule has 0 spiro atoms. The SMILES string of the molecule is O=c1[nH]c(Oc2cncc(-c3nnc(Nc4ccc5[nH]ncc5c4)s3)c2)no1. The van der Waals surface area contributed by atoms with Gasteiger partial charge in [0.1, 0.15) is 5.75 Å². The van der Waals surface area contributed by atoms with E-state index in [2.05, 4.69) is 45.4 Å². The van der Waals surface area contributed by atoms with Gasteiger partial charge < -0.3 is 10.1 Å². The third kappa shape index (κ3) is 3.19. The predicted molar refractivity (Wildman–Crippen MR) is 99.7 cm³/mol. The number of pyridine rings is 1. The quantitative estimate of drug-likeness (QED) is 0.409. The van der Waals surface area contributed by atoms with Gasteiger partial charge in [0.2, 0.25) is 5.13 Å². The minimum absolute atomic E-state index is 0.0572. The maximum atomic E-state index is 11.0. The van der Waals surface area contributed by atoms with E-state index < -0.39 is 5.76 Å². The Morgan fingerprint density at radius 3 is 3.00 bits per heavy atom. The fourth-order valence-electron chi connectivity index (χ4n) is 2.50.